The molecule has 1 unspecified atom stereocenters. The summed E-state index contributed by atoms with van der Waals surface area (Å²) in [6.07, 6.45) is 3.12. The highest BCUT2D eigenvalue weighted by atomic mass is 16.6. The molecule has 0 radical (unpaired) electrons. The summed E-state index contributed by atoms with van der Waals surface area (Å²) in [5.41, 5.74) is 0. The largest absolute Gasteiger partial charge is 0.464 e. The summed E-state index contributed by atoms with van der Waals surface area (Å²) in [6.45, 7) is 5.41. The van der Waals surface area contributed by atoms with Crippen LogP contribution >= 0.6 is 0 Å². The average Bonchev–Trinajstić information content (AvgIpc) is 2.71. The predicted molar refractivity (Wildman–Crippen MR) is 57.7 cm³/mol. The summed E-state index contributed by atoms with van der Waals surface area (Å²) in [4.78, 5) is 11.1. The average molecular weight is 215 g/mol. The molecule has 1 aliphatic heterocycles. The number of unbranched alkanes of at least 4 members (excludes halogenated alkanes) is 1. The second kappa shape index (κ2) is 7.65. The Morgan fingerprint density at radius 3 is 3.07 bits per heavy atom. The fourth-order valence-corrected chi connectivity index (χ4v) is 1.54. The Balaban J connectivity index is 1.91. The van der Waals surface area contributed by atoms with Crippen molar-refractivity contribution in [2.75, 3.05) is 32.9 Å². The summed E-state index contributed by atoms with van der Waals surface area (Å²) in [7, 11) is 0. The van der Waals surface area contributed by atoms with Gasteiger partial charge in [-0.3, -0.25) is 0 Å². The highest BCUT2D eigenvalue weighted by molar-refractivity contribution is 5.70. The summed E-state index contributed by atoms with van der Waals surface area (Å²) in [6, 6.07) is 0. The summed E-state index contributed by atoms with van der Waals surface area (Å²) in [5, 5.41) is 3.26. The lowest BCUT2D eigenvalue weighted by Crippen LogP contribution is -2.18. The van der Waals surface area contributed by atoms with Crippen LogP contribution in [0.3, 0.4) is 0 Å². The molecular formula is C11H21NO3. The normalized spacial score (nSPS) is 20.5. The van der Waals surface area contributed by atoms with E-state index in [1.165, 1.54) is 0 Å². The maximum Gasteiger partial charge on any atom is 0.332 e. The lowest BCUT2D eigenvalue weighted by molar-refractivity contribution is -0.149. The molecule has 1 fully saturated rings. The van der Waals surface area contributed by atoms with Crippen LogP contribution in [-0.2, 0) is 14.3 Å². The van der Waals surface area contributed by atoms with E-state index in [9.17, 15) is 4.79 Å². The van der Waals surface area contributed by atoms with Crippen LogP contribution in [0.2, 0.25) is 0 Å². The highest BCUT2D eigenvalue weighted by Crippen LogP contribution is 2.07. The molecule has 1 atom stereocenters. The van der Waals surface area contributed by atoms with E-state index in [0.717, 1.165) is 32.4 Å². The van der Waals surface area contributed by atoms with Gasteiger partial charge in [0.2, 0.25) is 0 Å². The van der Waals surface area contributed by atoms with Crippen LogP contribution in [-0.4, -0.2) is 38.9 Å². The van der Waals surface area contributed by atoms with Crippen molar-refractivity contribution in [1.82, 2.24) is 5.32 Å². The summed E-state index contributed by atoms with van der Waals surface area (Å²) >= 11 is 0. The molecule has 0 amide bonds. The van der Waals surface area contributed by atoms with Gasteiger partial charge in [0.1, 0.15) is 6.61 Å². The molecule has 0 aromatic rings. The fourth-order valence-electron chi connectivity index (χ4n) is 1.54. The molecule has 1 aliphatic rings. The Labute approximate surface area is 91.3 Å². The van der Waals surface area contributed by atoms with Crippen molar-refractivity contribution in [3.8, 4) is 0 Å². The third-order valence-corrected chi connectivity index (χ3v) is 2.50. The van der Waals surface area contributed by atoms with Crippen molar-refractivity contribution in [1.29, 1.82) is 0 Å². The molecule has 1 saturated heterocycles. The minimum absolute atomic E-state index is 0.0974. The molecule has 0 aromatic heterocycles. The SMILES string of the molecule is CCCCOC(=O)COCC1CCNC1. The van der Waals surface area contributed by atoms with Gasteiger partial charge in [-0.05, 0) is 25.3 Å². The molecule has 4 nitrogen and oxygen atoms in total. The highest BCUT2D eigenvalue weighted by Gasteiger charge is 2.14. The molecule has 0 saturated carbocycles. The number of nitrogens with one attached hydrogen (secondary N) is 1. The lowest BCUT2D eigenvalue weighted by atomic mass is 10.1. The van der Waals surface area contributed by atoms with Crippen molar-refractivity contribution in [3.05, 3.63) is 0 Å². The number of ether oxygens (including phenoxy) is 2. The van der Waals surface area contributed by atoms with Gasteiger partial charge in [-0.1, -0.05) is 13.3 Å². The van der Waals surface area contributed by atoms with Crippen LogP contribution in [0, 0.1) is 5.92 Å². The van der Waals surface area contributed by atoms with Gasteiger partial charge in [0.25, 0.3) is 0 Å². The zero-order valence-electron chi connectivity index (χ0n) is 9.46. The molecule has 0 bridgehead atoms. The molecule has 4 heteroatoms. The zero-order chi connectivity index (χ0) is 10.9. The first-order valence-electron chi connectivity index (χ1n) is 5.77. The van der Waals surface area contributed by atoms with Gasteiger partial charge in [-0.25, -0.2) is 4.79 Å². The molecule has 1 N–H and O–H groups in total. The first-order chi connectivity index (χ1) is 7.33. The van der Waals surface area contributed by atoms with Crippen molar-refractivity contribution >= 4 is 5.97 Å². The van der Waals surface area contributed by atoms with Gasteiger partial charge in [0, 0.05) is 6.54 Å². The number of hydrogen-bond acceptors (Lipinski definition) is 4. The molecule has 1 heterocycles. The van der Waals surface area contributed by atoms with Gasteiger partial charge in [0.15, 0.2) is 0 Å². The minimum atomic E-state index is -0.241. The molecule has 0 spiro atoms. The summed E-state index contributed by atoms with van der Waals surface area (Å²) in [5.74, 6) is 0.322. The van der Waals surface area contributed by atoms with Crippen LogP contribution < -0.4 is 5.32 Å². The first kappa shape index (κ1) is 12.5. The van der Waals surface area contributed by atoms with Gasteiger partial charge in [0.05, 0.1) is 13.2 Å². The van der Waals surface area contributed by atoms with Crippen LogP contribution in [0.1, 0.15) is 26.2 Å². The van der Waals surface area contributed by atoms with Crippen LogP contribution in [0.4, 0.5) is 0 Å². The Kier molecular flexibility index (Phi) is 6.36. The van der Waals surface area contributed by atoms with E-state index in [1.54, 1.807) is 0 Å². The number of hydrogen-bond donors (Lipinski definition) is 1. The maximum absolute atomic E-state index is 11.1. The van der Waals surface area contributed by atoms with Gasteiger partial charge in [-0.2, -0.15) is 0 Å². The topological polar surface area (TPSA) is 47.6 Å². The third kappa shape index (κ3) is 5.74. The predicted octanol–water partition coefficient (Wildman–Crippen LogP) is 0.956. The van der Waals surface area contributed by atoms with Gasteiger partial charge < -0.3 is 14.8 Å². The Bertz CT molecular complexity index is 179. The Morgan fingerprint density at radius 1 is 1.53 bits per heavy atom. The smallest absolute Gasteiger partial charge is 0.332 e. The molecule has 0 aliphatic carbocycles. The van der Waals surface area contributed by atoms with Crippen LogP contribution in [0.5, 0.6) is 0 Å². The zero-order valence-corrected chi connectivity index (χ0v) is 9.46. The number of esters is 1. The Hall–Kier alpha value is -0.610. The number of rotatable bonds is 7. The standard InChI is InChI=1S/C11H21NO3/c1-2-3-6-15-11(13)9-14-8-10-4-5-12-7-10/h10,12H,2-9H2,1H3. The monoisotopic (exact) mass is 215 g/mol. The molecular weight excluding hydrogens is 194 g/mol. The van der Waals surface area contributed by atoms with E-state index < -0.39 is 0 Å². The van der Waals surface area contributed by atoms with Gasteiger partial charge >= 0.3 is 5.97 Å². The maximum atomic E-state index is 11.1. The van der Waals surface area contributed by atoms with Crippen molar-refractivity contribution in [3.63, 3.8) is 0 Å². The number of carbonyl (C=O) groups is 1. The quantitative estimate of drug-likeness (QED) is 0.507. The fraction of sp³-hybridized carbons (Fsp3) is 0.909. The lowest BCUT2D eigenvalue weighted by Gasteiger charge is -2.08. The van der Waals surface area contributed by atoms with E-state index in [1.807, 2.05) is 0 Å². The summed E-state index contributed by atoms with van der Waals surface area (Å²) < 4.78 is 10.3. The molecule has 88 valence electrons. The van der Waals surface area contributed by atoms with E-state index in [2.05, 4.69) is 12.2 Å². The van der Waals surface area contributed by atoms with Crippen molar-refractivity contribution < 1.29 is 14.3 Å². The molecule has 0 aromatic carbocycles. The minimum Gasteiger partial charge on any atom is -0.464 e. The second-order valence-corrected chi connectivity index (χ2v) is 3.95. The second-order valence-electron chi connectivity index (χ2n) is 3.95. The molecule has 15 heavy (non-hydrogen) atoms. The van der Waals surface area contributed by atoms with Gasteiger partial charge in [-0.15, -0.1) is 0 Å². The van der Waals surface area contributed by atoms with E-state index in [0.29, 0.717) is 19.1 Å². The first-order valence-corrected chi connectivity index (χ1v) is 5.77. The molecule has 1 rings (SSSR count). The van der Waals surface area contributed by atoms with Crippen molar-refractivity contribution in [2.24, 2.45) is 5.92 Å². The van der Waals surface area contributed by atoms with E-state index in [4.69, 9.17) is 9.47 Å². The van der Waals surface area contributed by atoms with E-state index >= 15 is 0 Å². The van der Waals surface area contributed by atoms with E-state index in [-0.39, 0.29) is 12.6 Å². The van der Waals surface area contributed by atoms with Crippen LogP contribution in [0.25, 0.3) is 0 Å². The third-order valence-electron chi connectivity index (χ3n) is 2.50. The Morgan fingerprint density at radius 2 is 2.40 bits per heavy atom. The van der Waals surface area contributed by atoms with Crippen LogP contribution in [0.15, 0.2) is 0 Å². The number of carbonyl (C=O) groups excluding carboxylic acids is 1. The van der Waals surface area contributed by atoms with Crippen molar-refractivity contribution in [2.45, 2.75) is 26.2 Å².